The number of hydrogen-bond acceptors (Lipinski definition) is 2. The highest BCUT2D eigenvalue weighted by Crippen LogP contribution is 2.22. The first kappa shape index (κ1) is 12.2. The maximum absolute atomic E-state index is 11.8. The number of amides is 2. The van der Waals surface area contributed by atoms with Gasteiger partial charge in [-0.25, -0.2) is 0 Å². The molecule has 6 heteroatoms. The number of hydrogen-bond donors (Lipinski definition) is 2. The molecule has 0 bridgehead atoms. The first-order chi connectivity index (χ1) is 8.04. The van der Waals surface area contributed by atoms with Gasteiger partial charge in [-0.1, -0.05) is 23.2 Å². The van der Waals surface area contributed by atoms with Crippen LogP contribution in [0.25, 0.3) is 0 Å². The summed E-state index contributed by atoms with van der Waals surface area (Å²) in [4.78, 5) is 22.8. The third-order valence-electron chi connectivity index (χ3n) is 2.44. The van der Waals surface area contributed by atoms with Gasteiger partial charge in [0.15, 0.2) is 0 Å². The van der Waals surface area contributed by atoms with Crippen LogP contribution in [0.3, 0.4) is 0 Å². The van der Waals surface area contributed by atoms with Crippen molar-refractivity contribution in [3.05, 3.63) is 28.2 Å². The molecule has 1 aromatic rings. The van der Waals surface area contributed by atoms with Crippen LogP contribution in [0, 0.1) is 0 Å². The second-order valence-corrected chi connectivity index (χ2v) is 4.68. The van der Waals surface area contributed by atoms with Crippen LogP contribution >= 0.6 is 23.2 Å². The van der Waals surface area contributed by atoms with Gasteiger partial charge in [-0.3, -0.25) is 9.59 Å². The second kappa shape index (κ2) is 4.94. The molecule has 0 radical (unpaired) electrons. The van der Waals surface area contributed by atoms with Gasteiger partial charge >= 0.3 is 0 Å². The van der Waals surface area contributed by atoms with E-state index < -0.39 is 6.04 Å². The lowest BCUT2D eigenvalue weighted by Gasteiger charge is -2.11. The van der Waals surface area contributed by atoms with Crippen molar-refractivity contribution in [2.45, 2.75) is 18.9 Å². The van der Waals surface area contributed by atoms with E-state index in [4.69, 9.17) is 23.2 Å². The third-order valence-corrected chi connectivity index (χ3v) is 2.88. The average molecular weight is 273 g/mol. The first-order valence-corrected chi connectivity index (χ1v) is 5.86. The van der Waals surface area contributed by atoms with Crippen molar-refractivity contribution in [2.75, 3.05) is 5.32 Å². The van der Waals surface area contributed by atoms with Gasteiger partial charge in [0, 0.05) is 22.2 Å². The van der Waals surface area contributed by atoms with Crippen LogP contribution in [-0.2, 0) is 9.59 Å². The minimum atomic E-state index is -0.472. The minimum absolute atomic E-state index is 0.103. The maximum Gasteiger partial charge on any atom is 0.246 e. The minimum Gasteiger partial charge on any atom is -0.344 e. The van der Waals surface area contributed by atoms with Gasteiger partial charge in [-0.15, -0.1) is 0 Å². The number of nitrogens with one attached hydrogen (secondary N) is 2. The van der Waals surface area contributed by atoms with E-state index in [0.29, 0.717) is 28.6 Å². The molecule has 1 fully saturated rings. The second-order valence-electron chi connectivity index (χ2n) is 3.81. The molecular weight excluding hydrogens is 263 g/mol. The molecule has 1 heterocycles. The zero-order valence-corrected chi connectivity index (χ0v) is 10.3. The van der Waals surface area contributed by atoms with Gasteiger partial charge in [-0.05, 0) is 24.6 Å². The predicted molar refractivity (Wildman–Crippen MR) is 66.3 cm³/mol. The first-order valence-electron chi connectivity index (χ1n) is 5.11. The Morgan fingerprint density at radius 3 is 2.47 bits per heavy atom. The fourth-order valence-electron chi connectivity index (χ4n) is 1.67. The molecule has 0 spiro atoms. The lowest BCUT2D eigenvalue weighted by Crippen LogP contribution is -2.37. The number of carbonyl (C=O) groups is 2. The summed E-state index contributed by atoms with van der Waals surface area (Å²) in [5, 5.41) is 6.14. The zero-order chi connectivity index (χ0) is 12.4. The smallest absolute Gasteiger partial charge is 0.246 e. The average Bonchev–Trinajstić information content (AvgIpc) is 2.63. The summed E-state index contributed by atoms with van der Waals surface area (Å²) in [6, 6.07) is 4.31. The van der Waals surface area contributed by atoms with Crippen molar-refractivity contribution >= 4 is 40.7 Å². The quantitative estimate of drug-likeness (QED) is 0.867. The Hall–Kier alpha value is -1.26. The van der Waals surface area contributed by atoms with Crippen molar-refractivity contribution in [1.29, 1.82) is 0 Å². The molecule has 90 valence electrons. The van der Waals surface area contributed by atoms with Gasteiger partial charge in [0.05, 0.1) is 0 Å². The van der Waals surface area contributed by atoms with E-state index in [1.165, 1.54) is 0 Å². The largest absolute Gasteiger partial charge is 0.344 e. The summed E-state index contributed by atoms with van der Waals surface area (Å²) in [6.07, 6.45) is 0.896. The van der Waals surface area contributed by atoms with Crippen molar-refractivity contribution in [2.24, 2.45) is 0 Å². The summed E-state index contributed by atoms with van der Waals surface area (Å²) in [6.45, 7) is 0. The highest BCUT2D eigenvalue weighted by molar-refractivity contribution is 6.35. The lowest BCUT2D eigenvalue weighted by atomic mass is 10.2. The van der Waals surface area contributed by atoms with E-state index in [-0.39, 0.29) is 11.8 Å². The Bertz CT molecular complexity index is 456. The van der Waals surface area contributed by atoms with Crippen LogP contribution in [0.5, 0.6) is 0 Å². The van der Waals surface area contributed by atoms with E-state index >= 15 is 0 Å². The van der Waals surface area contributed by atoms with Gasteiger partial charge < -0.3 is 10.6 Å². The van der Waals surface area contributed by atoms with Crippen LogP contribution in [0.2, 0.25) is 10.0 Å². The van der Waals surface area contributed by atoms with Crippen molar-refractivity contribution in [3.63, 3.8) is 0 Å². The van der Waals surface area contributed by atoms with Crippen LogP contribution in [0.1, 0.15) is 12.8 Å². The highest BCUT2D eigenvalue weighted by Gasteiger charge is 2.27. The number of halogens is 2. The highest BCUT2D eigenvalue weighted by atomic mass is 35.5. The van der Waals surface area contributed by atoms with Gasteiger partial charge in [0.25, 0.3) is 0 Å². The molecule has 0 aliphatic carbocycles. The Labute approximate surface area is 108 Å². The van der Waals surface area contributed by atoms with Gasteiger partial charge in [0.2, 0.25) is 11.8 Å². The Balaban J connectivity index is 2.05. The standard InChI is InChI=1S/C11H10Cl2N2O2/c12-6-3-7(13)5-8(4-6)14-11(17)9-1-2-10(16)15-9/h3-5,9H,1-2H2,(H,14,17)(H,15,16). The normalized spacial score (nSPS) is 18.9. The maximum atomic E-state index is 11.8. The van der Waals surface area contributed by atoms with Crippen LogP contribution < -0.4 is 10.6 Å². The van der Waals surface area contributed by atoms with Crippen LogP contribution in [-0.4, -0.2) is 17.9 Å². The fourth-order valence-corrected chi connectivity index (χ4v) is 2.19. The van der Waals surface area contributed by atoms with Crippen LogP contribution in [0.15, 0.2) is 18.2 Å². The van der Waals surface area contributed by atoms with E-state index in [9.17, 15) is 9.59 Å². The Morgan fingerprint density at radius 2 is 1.94 bits per heavy atom. The number of benzene rings is 1. The van der Waals surface area contributed by atoms with Gasteiger partial charge in [-0.2, -0.15) is 0 Å². The van der Waals surface area contributed by atoms with Crippen molar-refractivity contribution in [1.82, 2.24) is 5.32 Å². The number of carbonyl (C=O) groups excluding carboxylic acids is 2. The summed E-state index contributed by atoms with van der Waals surface area (Å²) in [5.41, 5.74) is 0.522. The molecule has 0 saturated carbocycles. The molecule has 1 unspecified atom stereocenters. The lowest BCUT2D eigenvalue weighted by molar-refractivity contribution is -0.122. The fraction of sp³-hybridized carbons (Fsp3) is 0.273. The molecule has 2 amide bonds. The Morgan fingerprint density at radius 1 is 1.29 bits per heavy atom. The van der Waals surface area contributed by atoms with E-state index in [0.717, 1.165) is 0 Å². The molecule has 0 aromatic heterocycles. The van der Waals surface area contributed by atoms with Gasteiger partial charge in [0.1, 0.15) is 6.04 Å². The molecule has 1 atom stereocenters. The molecule has 1 aromatic carbocycles. The summed E-state index contributed by atoms with van der Waals surface area (Å²) in [5.74, 6) is -0.358. The zero-order valence-electron chi connectivity index (χ0n) is 8.80. The summed E-state index contributed by atoms with van der Waals surface area (Å²) < 4.78 is 0. The Kier molecular flexibility index (Phi) is 3.54. The molecule has 4 nitrogen and oxygen atoms in total. The monoisotopic (exact) mass is 272 g/mol. The molecule has 17 heavy (non-hydrogen) atoms. The summed E-state index contributed by atoms with van der Waals surface area (Å²) in [7, 11) is 0. The number of rotatable bonds is 2. The van der Waals surface area contributed by atoms with E-state index in [2.05, 4.69) is 10.6 Å². The number of anilines is 1. The van der Waals surface area contributed by atoms with E-state index in [1.54, 1.807) is 18.2 Å². The topological polar surface area (TPSA) is 58.2 Å². The molecular formula is C11H10Cl2N2O2. The molecule has 1 aliphatic rings. The van der Waals surface area contributed by atoms with Crippen molar-refractivity contribution in [3.8, 4) is 0 Å². The molecule has 1 saturated heterocycles. The van der Waals surface area contributed by atoms with Crippen LogP contribution in [0.4, 0.5) is 5.69 Å². The third kappa shape index (κ3) is 3.11. The summed E-state index contributed by atoms with van der Waals surface area (Å²) >= 11 is 11.6. The molecule has 2 rings (SSSR count). The van der Waals surface area contributed by atoms with Crippen molar-refractivity contribution < 1.29 is 9.59 Å². The predicted octanol–water partition coefficient (Wildman–Crippen LogP) is 2.21. The SMILES string of the molecule is O=C1CCC(C(=O)Nc2cc(Cl)cc(Cl)c2)N1. The molecule has 1 aliphatic heterocycles. The molecule has 2 N–H and O–H groups in total. The van der Waals surface area contributed by atoms with E-state index in [1.807, 2.05) is 0 Å².